The van der Waals surface area contributed by atoms with E-state index in [1.165, 1.54) is 36.0 Å². The van der Waals surface area contributed by atoms with Gasteiger partial charge in [0.1, 0.15) is 0 Å². The third kappa shape index (κ3) is 0.935. The highest BCUT2D eigenvalue weighted by atomic mass is 14.8. The Kier molecular flexibility index (Phi) is 1.73. The minimum Gasteiger partial charge on any atom is -0.330 e. The van der Waals surface area contributed by atoms with Gasteiger partial charge in [0.05, 0.1) is 0 Å². The molecule has 0 aromatic carbocycles. The predicted molar refractivity (Wildman–Crippen MR) is 75.1 cm³/mol. The van der Waals surface area contributed by atoms with Crippen LogP contribution in [0.4, 0.5) is 0 Å². The van der Waals surface area contributed by atoms with Crippen LogP contribution in [0.15, 0.2) is 0 Å². The summed E-state index contributed by atoms with van der Waals surface area (Å²) in [5.74, 6) is 13.7. The van der Waals surface area contributed by atoms with E-state index in [1.807, 2.05) is 0 Å². The van der Waals surface area contributed by atoms with E-state index in [9.17, 15) is 0 Å². The fraction of sp³-hybridized carbons (Fsp3) is 1.00. The van der Waals surface area contributed by atoms with Gasteiger partial charge in [-0.15, -0.1) is 0 Å². The summed E-state index contributed by atoms with van der Waals surface area (Å²) in [4.78, 5) is 0. The fourth-order valence-corrected chi connectivity index (χ4v) is 8.99. The van der Waals surface area contributed by atoms with Crippen molar-refractivity contribution in [2.45, 2.75) is 32.6 Å². The van der Waals surface area contributed by atoms with E-state index in [0.717, 1.165) is 48.0 Å². The molecule has 1 heteroatoms. The molecule has 0 aliphatic heterocycles. The van der Waals surface area contributed by atoms with Crippen LogP contribution < -0.4 is 5.73 Å². The first kappa shape index (κ1) is 10.7. The van der Waals surface area contributed by atoms with Crippen LogP contribution in [0, 0.1) is 71.0 Å². The first-order chi connectivity index (χ1) is 9.29. The molecule has 0 aromatic rings. The van der Waals surface area contributed by atoms with Crippen molar-refractivity contribution in [3.63, 3.8) is 0 Å². The summed E-state index contributed by atoms with van der Waals surface area (Å²) in [6.07, 6.45) is 6.35. The molecule has 0 spiro atoms. The molecule has 6 aliphatic rings. The normalized spacial score (nSPS) is 74.2. The average molecular weight is 257 g/mol. The lowest BCUT2D eigenvalue weighted by molar-refractivity contribution is -0.176. The Morgan fingerprint density at radius 1 is 0.737 bits per heavy atom. The molecule has 6 fully saturated rings. The molecular formula is C18H27N. The molecule has 12 unspecified atom stereocenters. The summed E-state index contributed by atoms with van der Waals surface area (Å²) in [5, 5.41) is 0. The molecule has 2 N–H and O–H groups in total. The van der Waals surface area contributed by atoms with Crippen LogP contribution in [-0.4, -0.2) is 6.54 Å². The molecule has 0 radical (unpaired) electrons. The molecule has 1 nitrogen and oxygen atoms in total. The number of fused-ring (bicyclic) bond motifs is 13. The predicted octanol–water partition coefficient (Wildman–Crippen LogP) is 3.00. The summed E-state index contributed by atoms with van der Waals surface area (Å²) in [6, 6.07) is 0. The zero-order valence-corrected chi connectivity index (χ0v) is 12.0. The van der Waals surface area contributed by atoms with Crippen molar-refractivity contribution in [2.75, 3.05) is 6.54 Å². The number of hydrogen-bond acceptors (Lipinski definition) is 1. The zero-order chi connectivity index (χ0) is 12.5. The average Bonchev–Trinajstić information content (AvgIpc) is 2.92. The van der Waals surface area contributed by atoms with Crippen molar-refractivity contribution in [3.8, 4) is 0 Å². The van der Waals surface area contributed by atoms with Crippen LogP contribution in [-0.2, 0) is 0 Å². The molecular weight excluding hydrogens is 230 g/mol. The molecule has 6 rings (SSSR count). The molecule has 0 heterocycles. The van der Waals surface area contributed by atoms with Gasteiger partial charge in [-0.2, -0.15) is 0 Å². The van der Waals surface area contributed by atoms with E-state index in [2.05, 4.69) is 6.92 Å². The van der Waals surface area contributed by atoms with Crippen molar-refractivity contribution >= 4 is 0 Å². The fourth-order valence-electron chi connectivity index (χ4n) is 8.99. The molecule has 2 bridgehead atoms. The van der Waals surface area contributed by atoms with E-state index in [0.29, 0.717) is 0 Å². The van der Waals surface area contributed by atoms with Gasteiger partial charge in [0.25, 0.3) is 0 Å². The largest absolute Gasteiger partial charge is 0.330 e. The van der Waals surface area contributed by atoms with Gasteiger partial charge in [-0.1, -0.05) is 6.92 Å². The Morgan fingerprint density at radius 2 is 1.47 bits per heavy atom. The van der Waals surface area contributed by atoms with Crippen LogP contribution in [0.25, 0.3) is 0 Å². The second-order valence-corrected chi connectivity index (χ2v) is 9.22. The lowest BCUT2D eigenvalue weighted by Crippen LogP contribution is -2.62. The van der Waals surface area contributed by atoms with Crippen LogP contribution >= 0.6 is 0 Å². The Labute approximate surface area is 116 Å². The number of hydrogen-bond donors (Lipinski definition) is 1. The molecule has 6 aliphatic carbocycles. The molecule has 19 heavy (non-hydrogen) atoms. The van der Waals surface area contributed by atoms with E-state index in [4.69, 9.17) is 5.73 Å². The molecule has 12 atom stereocenters. The highest BCUT2D eigenvalue weighted by molar-refractivity contribution is 5.23. The monoisotopic (exact) mass is 257 g/mol. The third-order valence-corrected chi connectivity index (χ3v) is 9.29. The summed E-state index contributed by atoms with van der Waals surface area (Å²) >= 11 is 0. The maximum atomic E-state index is 5.95. The third-order valence-electron chi connectivity index (χ3n) is 9.29. The van der Waals surface area contributed by atoms with Gasteiger partial charge in [-0.25, -0.2) is 0 Å². The summed E-state index contributed by atoms with van der Waals surface area (Å²) in [5.41, 5.74) is 5.95. The Hall–Kier alpha value is -0.0400. The quantitative estimate of drug-likeness (QED) is 0.768. The highest BCUT2D eigenvalue weighted by Gasteiger charge is 2.75. The van der Waals surface area contributed by atoms with Crippen molar-refractivity contribution in [1.29, 1.82) is 0 Å². The SMILES string of the molecule is CC1CC2CC1C1C2C2CC3C4C(CN)CC4C3C21. The maximum absolute atomic E-state index is 5.95. The second-order valence-electron chi connectivity index (χ2n) is 9.22. The van der Waals surface area contributed by atoms with Crippen molar-refractivity contribution in [3.05, 3.63) is 0 Å². The molecule has 0 amide bonds. The Balaban J connectivity index is 1.31. The van der Waals surface area contributed by atoms with Crippen molar-refractivity contribution in [1.82, 2.24) is 0 Å². The van der Waals surface area contributed by atoms with E-state index in [1.54, 1.807) is 19.3 Å². The van der Waals surface area contributed by atoms with Crippen LogP contribution in [0.3, 0.4) is 0 Å². The number of rotatable bonds is 1. The minimum atomic E-state index is 0.930. The van der Waals surface area contributed by atoms with Crippen molar-refractivity contribution in [2.24, 2.45) is 76.7 Å². The molecule has 0 aromatic heterocycles. The van der Waals surface area contributed by atoms with Gasteiger partial charge in [-0.05, 0) is 103 Å². The van der Waals surface area contributed by atoms with Gasteiger partial charge in [0.2, 0.25) is 0 Å². The maximum Gasteiger partial charge on any atom is -0.00459 e. The van der Waals surface area contributed by atoms with Gasteiger partial charge in [0.15, 0.2) is 0 Å². The van der Waals surface area contributed by atoms with Gasteiger partial charge in [-0.3, -0.25) is 0 Å². The second kappa shape index (κ2) is 3.08. The Morgan fingerprint density at radius 3 is 2.32 bits per heavy atom. The summed E-state index contributed by atoms with van der Waals surface area (Å²) in [6.45, 7) is 3.53. The van der Waals surface area contributed by atoms with E-state index in [-0.39, 0.29) is 0 Å². The highest BCUT2D eigenvalue weighted by Crippen LogP contribution is 2.80. The van der Waals surface area contributed by atoms with Crippen LogP contribution in [0.1, 0.15) is 32.6 Å². The molecule has 0 saturated heterocycles. The first-order valence-corrected chi connectivity index (χ1v) is 8.99. The number of nitrogens with two attached hydrogens (primary N) is 1. The van der Waals surface area contributed by atoms with Gasteiger partial charge < -0.3 is 5.73 Å². The summed E-state index contributed by atoms with van der Waals surface area (Å²) < 4.78 is 0. The van der Waals surface area contributed by atoms with Gasteiger partial charge >= 0.3 is 0 Å². The van der Waals surface area contributed by atoms with E-state index >= 15 is 0 Å². The van der Waals surface area contributed by atoms with Crippen LogP contribution in [0.5, 0.6) is 0 Å². The summed E-state index contributed by atoms with van der Waals surface area (Å²) in [7, 11) is 0. The van der Waals surface area contributed by atoms with E-state index < -0.39 is 0 Å². The minimum absolute atomic E-state index is 0.930. The lowest BCUT2D eigenvalue weighted by atomic mass is 9.39. The van der Waals surface area contributed by atoms with Crippen LogP contribution in [0.2, 0.25) is 0 Å². The van der Waals surface area contributed by atoms with Gasteiger partial charge in [0, 0.05) is 0 Å². The first-order valence-electron chi connectivity index (χ1n) is 8.99. The smallest absolute Gasteiger partial charge is 0.00459 e. The lowest BCUT2D eigenvalue weighted by Gasteiger charge is -2.65. The molecule has 104 valence electrons. The Bertz CT molecular complexity index is 445. The zero-order valence-electron chi connectivity index (χ0n) is 12.0. The molecule has 6 saturated carbocycles. The standard InChI is InChI=1S/C18H27N/c1-7-2-8-3-10(7)17-15(8)13-5-12-14-9(6-19)4-11(14)16(12)18(13)17/h7-18H,2-6,19H2,1H3. The topological polar surface area (TPSA) is 26.0 Å². The van der Waals surface area contributed by atoms with Crippen molar-refractivity contribution < 1.29 is 0 Å².